The summed E-state index contributed by atoms with van der Waals surface area (Å²) in [6, 6.07) is 23.7. The molecule has 0 atom stereocenters. The molecule has 0 unspecified atom stereocenters. The molecule has 0 saturated heterocycles. The van der Waals surface area contributed by atoms with Gasteiger partial charge in [0.05, 0.1) is 39.2 Å². The second-order valence-corrected chi connectivity index (χ2v) is 30.7. The van der Waals surface area contributed by atoms with Gasteiger partial charge in [-0.25, -0.2) is 32.4 Å². The Morgan fingerprint density at radius 1 is 0.327 bits per heavy atom. The summed E-state index contributed by atoms with van der Waals surface area (Å²) >= 11 is 0. The number of aromatic carboxylic acids is 5. The number of rotatable bonds is 59. The molecule has 0 spiro atoms. The predicted octanol–water partition coefficient (Wildman–Crippen LogP) is 24.2. The van der Waals surface area contributed by atoms with Crippen molar-refractivity contribution >= 4 is 73.5 Å². The average Bonchev–Trinajstić information content (AvgIpc) is 0.873. The summed E-state index contributed by atoms with van der Waals surface area (Å²) in [5, 5.41) is 57.4. The number of aromatic nitrogens is 1. The number of hydrogen-bond donors (Lipinski definition) is 7. The van der Waals surface area contributed by atoms with E-state index in [1.807, 2.05) is 30.3 Å². The molecule has 7 N–H and O–H groups in total. The topological polar surface area (TPSA) is 276 Å². The Morgan fingerprint density at radius 2 is 0.598 bits per heavy atom. The van der Waals surface area contributed by atoms with Crippen molar-refractivity contribution in [1.29, 1.82) is 0 Å². The van der Waals surface area contributed by atoms with Gasteiger partial charge in [-0.15, -0.1) is 0 Å². The number of aromatic hydroxyl groups is 1. The van der Waals surface area contributed by atoms with Crippen molar-refractivity contribution in [2.75, 3.05) is 64.4 Å². The van der Waals surface area contributed by atoms with Crippen LogP contribution in [0.4, 0.5) is 22.7 Å². The van der Waals surface area contributed by atoms with Crippen molar-refractivity contribution < 1.29 is 63.0 Å². The minimum absolute atomic E-state index is 0.0107. The van der Waals surface area contributed by atoms with Crippen molar-refractivity contribution in [2.45, 2.75) is 318 Å². The molecule has 0 radical (unpaired) electrons. The van der Waals surface area contributed by atoms with Crippen LogP contribution >= 0.6 is 0 Å². The normalized spacial score (nSPS) is 11.0. The second kappa shape index (κ2) is 60.5. The summed E-state index contributed by atoms with van der Waals surface area (Å²) in [5.41, 5.74) is 3.21. The molecule has 0 aliphatic heterocycles. The molecule has 19 heteroatoms. The van der Waals surface area contributed by atoms with Gasteiger partial charge in [-0.05, 0) is 112 Å². The Hall–Kier alpha value is -7.41. The van der Waals surface area contributed by atoms with Gasteiger partial charge in [-0.3, -0.25) is 9.71 Å². The molecular weight excluding hydrogens is 1370 g/mol. The van der Waals surface area contributed by atoms with Gasteiger partial charge in [0.15, 0.2) is 0 Å². The number of carboxylic acids is 5. The van der Waals surface area contributed by atoms with Crippen LogP contribution in [0.15, 0.2) is 91.1 Å². The first-order valence-corrected chi connectivity index (χ1v) is 43.3. The quantitative estimate of drug-likeness (QED) is 0.0178. The molecule has 5 aromatic rings. The van der Waals surface area contributed by atoms with Gasteiger partial charge < -0.3 is 45.3 Å². The number of unbranched alkanes of at least 4 members (excludes halogenated alkanes) is 35. The smallest absolute Gasteiger partial charge is 0.339 e. The monoisotopic (exact) mass is 1510 g/mol. The van der Waals surface area contributed by atoms with Gasteiger partial charge in [0.25, 0.3) is 0 Å². The number of carboxylic acid groups (broad SMARTS) is 5. The lowest BCUT2D eigenvalue weighted by Gasteiger charge is -2.26. The highest BCUT2D eigenvalue weighted by atomic mass is 32.2. The third-order valence-electron chi connectivity index (χ3n) is 19.6. The van der Waals surface area contributed by atoms with E-state index < -0.39 is 39.9 Å². The largest absolute Gasteiger partial charge is 0.507 e. The van der Waals surface area contributed by atoms with Crippen LogP contribution in [0.2, 0.25) is 0 Å². The lowest BCUT2D eigenvalue weighted by Crippen LogP contribution is -2.26. The van der Waals surface area contributed by atoms with E-state index in [2.05, 4.69) is 72.9 Å². The molecule has 1 heterocycles. The van der Waals surface area contributed by atoms with E-state index in [0.717, 1.165) is 113 Å². The average molecular weight is 1510 g/mol. The van der Waals surface area contributed by atoms with Crippen LogP contribution in [-0.2, 0) is 10.0 Å². The Balaban J connectivity index is 0.000000487. The lowest BCUT2D eigenvalue weighted by atomic mass is 10.0. The van der Waals surface area contributed by atoms with Gasteiger partial charge in [0.1, 0.15) is 11.3 Å². The van der Waals surface area contributed by atoms with Crippen LogP contribution in [0.1, 0.15) is 370 Å². The number of benzene rings is 4. The zero-order valence-electron chi connectivity index (χ0n) is 67.0. The highest BCUT2D eigenvalue weighted by molar-refractivity contribution is 7.92. The van der Waals surface area contributed by atoms with Gasteiger partial charge in [0.2, 0.25) is 10.0 Å². The van der Waals surface area contributed by atoms with Crippen molar-refractivity contribution in [3.05, 3.63) is 119 Å². The van der Waals surface area contributed by atoms with E-state index in [9.17, 15) is 63.0 Å². The molecule has 0 aliphatic rings. The number of phenols is 1. The van der Waals surface area contributed by atoms with Crippen LogP contribution < -0.4 is 19.4 Å². The maximum absolute atomic E-state index is 12.2. The fraction of sp³-hybridized carbons (Fsp3) is 0.636. The molecule has 0 amide bonds. The minimum Gasteiger partial charge on any atom is -0.507 e. The Morgan fingerprint density at radius 3 is 0.907 bits per heavy atom. The molecule has 107 heavy (non-hydrogen) atoms. The van der Waals surface area contributed by atoms with Gasteiger partial charge in [0, 0.05) is 67.9 Å². The number of hydrogen-bond acceptors (Lipinski definition) is 12. The number of sulfonamides is 1. The summed E-state index contributed by atoms with van der Waals surface area (Å²) in [6.45, 7) is 20.9. The van der Waals surface area contributed by atoms with E-state index in [1.165, 1.54) is 242 Å². The maximum Gasteiger partial charge on any atom is 0.339 e. The van der Waals surface area contributed by atoms with Gasteiger partial charge in [-0.1, -0.05) is 291 Å². The Bertz CT molecular complexity index is 3170. The minimum atomic E-state index is -3.31. The molecule has 0 fully saturated rings. The standard InChI is InChI=1S/2C24H39NO4.C23H39NO3.C17H24N2O2S/c2*1-3-5-7-9-11-13-17-25(18-14-12-10-8-6-4-2)20-15-16-21(23(26)27)22(19-20)24(28)29;1-3-5-7-9-11-13-17-24(18-14-12-10-8-6-4-2)20-15-16-22(25)21(19-20)23(26)27;1-2-3-4-5-6-7-14-22(20,21)19-16-12-8-10-15-11-9-13-18-17(15)16/h2*15-16,19H,3-14,17-18H2,1-2H3,(H,26,27)(H,28,29);15-16,19,25H,3-14,17-18H2,1-2H3,(H,26,27);8-13,19H,2-7,14H2,1H3. The molecule has 0 aliphatic carbocycles. The number of carbonyl (C=O) groups is 5. The molecular formula is C88H141N5O13S. The second-order valence-electron chi connectivity index (χ2n) is 28.8. The Kier molecular flexibility index (Phi) is 54.1. The van der Waals surface area contributed by atoms with Crippen LogP contribution in [-0.4, -0.2) is 119 Å². The number of para-hydroxylation sites is 1. The van der Waals surface area contributed by atoms with Crippen molar-refractivity contribution in [3.8, 4) is 5.75 Å². The fourth-order valence-electron chi connectivity index (χ4n) is 13.2. The number of fused-ring (bicyclic) bond motifs is 1. The number of pyridine rings is 1. The third kappa shape index (κ3) is 42.8. The zero-order chi connectivity index (χ0) is 78.7. The maximum atomic E-state index is 12.2. The molecule has 18 nitrogen and oxygen atoms in total. The summed E-state index contributed by atoms with van der Waals surface area (Å²) in [6.07, 6.45) is 52.1. The highest BCUT2D eigenvalue weighted by Crippen LogP contribution is 2.29. The molecule has 0 saturated carbocycles. The lowest BCUT2D eigenvalue weighted by molar-refractivity contribution is 0.0651. The van der Waals surface area contributed by atoms with Crippen LogP contribution in [0.25, 0.3) is 10.9 Å². The van der Waals surface area contributed by atoms with Crippen molar-refractivity contribution in [1.82, 2.24) is 4.98 Å². The first-order chi connectivity index (χ1) is 51.7. The molecule has 4 aromatic carbocycles. The first kappa shape index (κ1) is 95.7. The summed E-state index contributed by atoms with van der Waals surface area (Å²) in [5.74, 6) is -5.85. The third-order valence-corrected chi connectivity index (χ3v) is 20.9. The summed E-state index contributed by atoms with van der Waals surface area (Å²) in [7, 11) is -3.31. The van der Waals surface area contributed by atoms with Crippen molar-refractivity contribution in [2.24, 2.45) is 0 Å². The first-order valence-electron chi connectivity index (χ1n) is 41.6. The van der Waals surface area contributed by atoms with E-state index in [1.54, 1.807) is 30.5 Å². The van der Waals surface area contributed by atoms with E-state index in [4.69, 9.17) is 0 Å². The van der Waals surface area contributed by atoms with Crippen molar-refractivity contribution in [3.63, 3.8) is 0 Å². The van der Waals surface area contributed by atoms with Gasteiger partial charge in [-0.2, -0.15) is 0 Å². The molecule has 5 rings (SSSR count). The molecule has 602 valence electrons. The van der Waals surface area contributed by atoms with Gasteiger partial charge >= 0.3 is 29.8 Å². The number of nitrogens with zero attached hydrogens (tertiary/aromatic N) is 4. The fourth-order valence-corrected chi connectivity index (χ4v) is 14.3. The Labute approximate surface area is 645 Å². The number of anilines is 4. The zero-order valence-corrected chi connectivity index (χ0v) is 67.9. The van der Waals surface area contributed by atoms with E-state index in [-0.39, 0.29) is 39.3 Å². The van der Waals surface area contributed by atoms with E-state index in [0.29, 0.717) is 17.6 Å². The van der Waals surface area contributed by atoms with E-state index >= 15 is 0 Å². The van der Waals surface area contributed by atoms with Crippen LogP contribution in [0.5, 0.6) is 5.75 Å². The molecule has 0 bridgehead atoms. The summed E-state index contributed by atoms with van der Waals surface area (Å²) < 4.78 is 27.1. The van der Waals surface area contributed by atoms with Crippen LogP contribution in [0, 0.1) is 0 Å². The predicted molar refractivity (Wildman–Crippen MR) is 445 cm³/mol. The SMILES string of the molecule is CCCCCCCCN(CCCCCCCC)c1ccc(C(=O)O)c(C(=O)O)c1.CCCCCCCCN(CCCCCCCC)c1ccc(C(=O)O)c(C(=O)O)c1.CCCCCCCCN(CCCCCCCC)c1ccc(O)c(C(=O)O)c1.CCCCCCCCS(=O)(=O)Nc1cccc2cccnc12. The van der Waals surface area contributed by atoms with Crippen LogP contribution in [0.3, 0.4) is 0 Å². The number of nitrogens with one attached hydrogen (secondary N) is 1. The highest BCUT2D eigenvalue weighted by Gasteiger charge is 2.22. The molecule has 1 aromatic heterocycles. The summed E-state index contributed by atoms with van der Waals surface area (Å²) in [4.78, 5) is 68.1.